The highest BCUT2D eigenvalue weighted by Gasteiger charge is 2.16. The van der Waals surface area contributed by atoms with Crippen LogP contribution in [0.2, 0.25) is 15.1 Å². The molecule has 168 valence electrons. The predicted octanol–water partition coefficient (Wildman–Crippen LogP) is 7.00. The van der Waals surface area contributed by atoms with E-state index in [2.05, 4.69) is 15.0 Å². The summed E-state index contributed by atoms with van der Waals surface area (Å²) in [6.07, 6.45) is 0.106. The molecule has 0 bridgehead atoms. The molecule has 10 heteroatoms. The Morgan fingerprint density at radius 1 is 1.03 bits per heavy atom. The zero-order chi connectivity index (χ0) is 23.5. The molecule has 4 rings (SSSR count). The lowest BCUT2D eigenvalue weighted by molar-refractivity contribution is -0.139. The van der Waals surface area contributed by atoms with Gasteiger partial charge in [0.1, 0.15) is 16.5 Å². The standard InChI is InChI=1S/C23H15Cl3N2O4S/c1-31-22(29)10-21-28-18(11-33-21)20-7-6-19(32-20)14-5-3-13(9-17(14)26)27-23(30)15-4-2-12(24)8-16(15)25/h2-9,11H,10H2,1H3,(H,27,30). The molecule has 0 spiro atoms. The van der Waals surface area contributed by atoms with Crippen LogP contribution in [-0.2, 0) is 16.0 Å². The minimum absolute atomic E-state index is 0.106. The number of nitrogens with zero attached hydrogens (tertiary/aromatic N) is 1. The highest BCUT2D eigenvalue weighted by Crippen LogP contribution is 2.35. The van der Waals surface area contributed by atoms with Crippen molar-refractivity contribution in [2.24, 2.45) is 0 Å². The summed E-state index contributed by atoms with van der Waals surface area (Å²) in [5.41, 5.74) is 2.06. The number of benzene rings is 2. The Balaban J connectivity index is 1.50. The Hall–Kier alpha value is -2.84. The van der Waals surface area contributed by atoms with Gasteiger partial charge in [-0.2, -0.15) is 0 Å². The minimum Gasteiger partial charge on any atom is -0.469 e. The molecular weight excluding hydrogens is 507 g/mol. The lowest BCUT2D eigenvalue weighted by Crippen LogP contribution is -2.12. The number of halogens is 3. The third-order valence-electron chi connectivity index (χ3n) is 4.60. The average molecular weight is 522 g/mol. The smallest absolute Gasteiger partial charge is 0.312 e. The van der Waals surface area contributed by atoms with Crippen LogP contribution >= 0.6 is 46.1 Å². The zero-order valence-corrected chi connectivity index (χ0v) is 20.1. The number of carbonyl (C=O) groups excluding carboxylic acids is 2. The molecule has 1 amide bonds. The summed E-state index contributed by atoms with van der Waals surface area (Å²) in [5, 5.41) is 6.29. The van der Waals surface area contributed by atoms with Gasteiger partial charge < -0.3 is 14.5 Å². The molecule has 0 aliphatic heterocycles. The van der Waals surface area contributed by atoms with Gasteiger partial charge in [0.15, 0.2) is 5.76 Å². The van der Waals surface area contributed by atoms with Crippen molar-refractivity contribution in [2.75, 3.05) is 12.4 Å². The molecule has 0 aliphatic carbocycles. The van der Waals surface area contributed by atoms with Crippen molar-refractivity contribution in [1.29, 1.82) is 0 Å². The van der Waals surface area contributed by atoms with Crippen LogP contribution in [0.25, 0.3) is 22.8 Å². The maximum Gasteiger partial charge on any atom is 0.312 e. The van der Waals surface area contributed by atoms with E-state index in [0.717, 1.165) is 0 Å². The number of ether oxygens (including phenoxy) is 1. The number of hydrogen-bond donors (Lipinski definition) is 1. The van der Waals surface area contributed by atoms with E-state index >= 15 is 0 Å². The van der Waals surface area contributed by atoms with Crippen molar-refractivity contribution >= 4 is 63.7 Å². The summed E-state index contributed by atoms with van der Waals surface area (Å²) in [4.78, 5) is 28.4. The molecule has 2 aromatic carbocycles. The van der Waals surface area contributed by atoms with Crippen molar-refractivity contribution in [3.63, 3.8) is 0 Å². The van der Waals surface area contributed by atoms with Gasteiger partial charge in [0.05, 0.1) is 29.1 Å². The first-order valence-corrected chi connectivity index (χ1v) is 11.5. The second-order valence-electron chi connectivity index (χ2n) is 6.82. The fourth-order valence-corrected chi connectivity index (χ4v) is 4.52. The number of furan rings is 1. The topological polar surface area (TPSA) is 81.4 Å². The molecule has 0 aliphatic rings. The molecule has 0 saturated carbocycles. The van der Waals surface area contributed by atoms with Crippen LogP contribution in [0.5, 0.6) is 0 Å². The van der Waals surface area contributed by atoms with Crippen molar-refractivity contribution < 1.29 is 18.7 Å². The molecule has 0 saturated heterocycles. The first kappa shape index (κ1) is 23.3. The lowest BCUT2D eigenvalue weighted by atomic mass is 10.1. The molecule has 2 heterocycles. The van der Waals surface area contributed by atoms with Gasteiger partial charge >= 0.3 is 5.97 Å². The SMILES string of the molecule is COC(=O)Cc1nc(-c2ccc(-c3ccc(NC(=O)c4ccc(Cl)cc4Cl)cc3Cl)o2)cs1. The highest BCUT2D eigenvalue weighted by atomic mass is 35.5. The van der Waals surface area contributed by atoms with Crippen LogP contribution in [0.1, 0.15) is 15.4 Å². The second-order valence-corrected chi connectivity index (χ2v) is 9.01. The number of aromatic nitrogens is 1. The van der Waals surface area contributed by atoms with E-state index < -0.39 is 0 Å². The number of carbonyl (C=O) groups is 2. The molecule has 2 aromatic heterocycles. The lowest BCUT2D eigenvalue weighted by Gasteiger charge is -2.09. The molecule has 6 nitrogen and oxygen atoms in total. The van der Waals surface area contributed by atoms with E-state index in [0.29, 0.717) is 49.1 Å². The third-order valence-corrected chi connectivity index (χ3v) is 6.31. The molecule has 4 aromatic rings. The quantitative estimate of drug-likeness (QED) is 0.276. The van der Waals surface area contributed by atoms with E-state index in [1.54, 1.807) is 42.5 Å². The summed E-state index contributed by atoms with van der Waals surface area (Å²) in [6, 6.07) is 13.3. The number of hydrogen-bond acceptors (Lipinski definition) is 6. The number of methoxy groups -OCH3 is 1. The number of rotatable bonds is 6. The van der Waals surface area contributed by atoms with Gasteiger partial charge in [-0.3, -0.25) is 9.59 Å². The number of anilines is 1. The average Bonchev–Trinajstić information content (AvgIpc) is 3.43. The summed E-state index contributed by atoms with van der Waals surface area (Å²) in [7, 11) is 1.34. The van der Waals surface area contributed by atoms with E-state index in [-0.39, 0.29) is 23.3 Å². The van der Waals surface area contributed by atoms with Gasteiger partial charge in [-0.1, -0.05) is 34.8 Å². The third kappa shape index (κ3) is 5.39. The van der Waals surface area contributed by atoms with Gasteiger partial charge in [-0.05, 0) is 48.5 Å². The fraction of sp³-hybridized carbons (Fsp3) is 0.0870. The van der Waals surface area contributed by atoms with E-state index in [1.165, 1.54) is 24.5 Å². The number of esters is 1. The van der Waals surface area contributed by atoms with E-state index in [9.17, 15) is 9.59 Å². The Bertz CT molecular complexity index is 1350. The van der Waals surface area contributed by atoms with Crippen LogP contribution in [-0.4, -0.2) is 24.0 Å². The van der Waals surface area contributed by atoms with E-state index in [1.807, 2.05) is 5.38 Å². The van der Waals surface area contributed by atoms with Crippen molar-refractivity contribution in [2.45, 2.75) is 6.42 Å². The van der Waals surface area contributed by atoms with Gasteiger partial charge in [0, 0.05) is 21.7 Å². The monoisotopic (exact) mass is 520 g/mol. The summed E-state index contributed by atoms with van der Waals surface area (Å²) in [6.45, 7) is 0. The Morgan fingerprint density at radius 3 is 2.55 bits per heavy atom. The number of nitrogens with one attached hydrogen (secondary N) is 1. The fourth-order valence-electron chi connectivity index (χ4n) is 2.99. The summed E-state index contributed by atoms with van der Waals surface area (Å²) >= 11 is 19.8. The maximum atomic E-state index is 12.5. The van der Waals surface area contributed by atoms with Gasteiger partial charge in [0.2, 0.25) is 0 Å². The first-order valence-electron chi connectivity index (χ1n) is 9.52. The normalized spacial score (nSPS) is 10.8. The van der Waals surface area contributed by atoms with Crippen LogP contribution in [0, 0.1) is 0 Å². The molecule has 0 radical (unpaired) electrons. The summed E-state index contributed by atoms with van der Waals surface area (Å²) < 4.78 is 10.6. The van der Waals surface area contributed by atoms with Crippen LogP contribution in [0.4, 0.5) is 5.69 Å². The van der Waals surface area contributed by atoms with Crippen molar-refractivity contribution in [1.82, 2.24) is 4.98 Å². The molecule has 0 atom stereocenters. The Kier molecular flexibility index (Phi) is 7.05. The van der Waals surface area contributed by atoms with Gasteiger partial charge in [0.25, 0.3) is 5.91 Å². The largest absolute Gasteiger partial charge is 0.469 e. The Labute approximate surface area is 208 Å². The minimum atomic E-state index is -0.382. The summed E-state index contributed by atoms with van der Waals surface area (Å²) in [5.74, 6) is 0.347. The van der Waals surface area contributed by atoms with E-state index in [4.69, 9.17) is 39.2 Å². The second kappa shape index (κ2) is 9.97. The zero-order valence-electron chi connectivity index (χ0n) is 17.0. The van der Waals surface area contributed by atoms with Crippen LogP contribution in [0.15, 0.2) is 58.3 Å². The highest BCUT2D eigenvalue weighted by molar-refractivity contribution is 7.10. The first-order chi connectivity index (χ1) is 15.8. The number of amides is 1. The Morgan fingerprint density at radius 2 is 1.82 bits per heavy atom. The van der Waals surface area contributed by atoms with Crippen LogP contribution in [0.3, 0.4) is 0 Å². The van der Waals surface area contributed by atoms with Crippen molar-refractivity contribution in [3.8, 4) is 22.8 Å². The van der Waals surface area contributed by atoms with Gasteiger partial charge in [-0.15, -0.1) is 11.3 Å². The molecule has 1 N–H and O–H groups in total. The number of thiazole rings is 1. The maximum absolute atomic E-state index is 12.5. The molecule has 0 unspecified atom stereocenters. The molecule has 33 heavy (non-hydrogen) atoms. The molecule has 0 fully saturated rings. The van der Waals surface area contributed by atoms with Gasteiger partial charge in [-0.25, -0.2) is 4.98 Å². The van der Waals surface area contributed by atoms with Crippen LogP contribution < -0.4 is 5.32 Å². The van der Waals surface area contributed by atoms with Crippen molar-refractivity contribution in [3.05, 3.63) is 79.5 Å². The predicted molar refractivity (Wildman–Crippen MR) is 130 cm³/mol. The molecular formula is C23H15Cl3N2O4S.